The second-order valence-corrected chi connectivity index (χ2v) is 12.2. The van der Waals surface area contributed by atoms with E-state index in [-0.39, 0.29) is 5.60 Å². The Morgan fingerprint density at radius 3 is 2.46 bits per heavy atom. The van der Waals surface area contributed by atoms with E-state index in [0.29, 0.717) is 0 Å². The second-order valence-electron chi connectivity index (χ2n) is 7.73. The monoisotopic (exact) mass is 340 g/mol. The van der Waals surface area contributed by atoms with Crippen molar-refractivity contribution in [1.82, 2.24) is 0 Å². The van der Waals surface area contributed by atoms with Crippen LogP contribution in [-0.4, -0.2) is 8.32 Å². The Morgan fingerprint density at radius 2 is 1.83 bits per heavy atom. The molecule has 1 aromatic heterocycles. The molecule has 2 nitrogen and oxygen atoms in total. The van der Waals surface area contributed by atoms with Gasteiger partial charge in [-0.25, -0.2) is 0 Å². The number of hydrogen-bond donors (Lipinski definition) is 0. The number of furan rings is 1. The van der Waals surface area contributed by atoms with Gasteiger partial charge >= 0.3 is 0 Å². The van der Waals surface area contributed by atoms with E-state index in [0.717, 1.165) is 18.6 Å². The van der Waals surface area contributed by atoms with Gasteiger partial charge in [0.1, 0.15) is 11.4 Å². The Labute approximate surface area is 146 Å². The van der Waals surface area contributed by atoms with Gasteiger partial charge in [0.15, 0.2) is 8.32 Å². The molecule has 0 aliphatic heterocycles. The first-order valence-corrected chi connectivity index (χ1v) is 12.3. The van der Waals surface area contributed by atoms with Crippen LogP contribution in [0.25, 0.3) is 5.57 Å². The van der Waals surface area contributed by atoms with E-state index >= 15 is 0 Å². The molecule has 1 aliphatic rings. The van der Waals surface area contributed by atoms with Gasteiger partial charge in [0.2, 0.25) is 0 Å². The predicted octanol–water partition coefficient (Wildman–Crippen LogP) is 6.35. The first kappa shape index (κ1) is 17.2. The summed E-state index contributed by atoms with van der Waals surface area (Å²) >= 11 is 0. The maximum absolute atomic E-state index is 6.79. The fraction of sp³-hybridized carbons (Fsp3) is 0.429. The Kier molecular flexibility index (Phi) is 4.58. The molecule has 0 radical (unpaired) electrons. The maximum atomic E-state index is 6.79. The number of hydrogen-bond acceptors (Lipinski definition) is 2. The predicted molar refractivity (Wildman–Crippen MR) is 102 cm³/mol. The summed E-state index contributed by atoms with van der Waals surface area (Å²) in [6.07, 6.45) is 5.14. The molecule has 3 rings (SSSR count). The summed E-state index contributed by atoms with van der Waals surface area (Å²) in [5, 5.41) is 0. The van der Waals surface area contributed by atoms with Crippen LogP contribution in [0.3, 0.4) is 0 Å². The smallest absolute Gasteiger partial charge is 0.185 e. The van der Waals surface area contributed by atoms with Crippen molar-refractivity contribution in [2.24, 2.45) is 0 Å². The molecule has 0 spiro atoms. The highest BCUT2D eigenvalue weighted by Crippen LogP contribution is 2.52. The van der Waals surface area contributed by atoms with Crippen LogP contribution in [0.5, 0.6) is 0 Å². The highest BCUT2D eigenvalue weighted by molar-refractivity contribution is 6.69. The van der Waals surface area contributed by atoms with Gasteiger partial charge in [-0.1, -0.05) is 37.6 Å². The number of benzene rings is 1. The number of rotatable bonds is 6. The molecule has 1 atom stereocenters. The van der Waals surface area contributed by atoms with E-state index in [4.69, 9.17) is 8.84 Å². The lowest BCUT2D eigenvalue weighted by Crippen LogP contribution is -2.39. The van der Waals surface area contributed by atoms with Gasteiger partial charge in [0.05, 0.1) is 6.26 Å². The fourth-order valence-corrected chi connectivity index (χ4v) is 5.29. The summed E-state index contributed by atoms with van der Waals surface area (Å²) in [6.45, 7) is 11.3. The van der Waals surface area contributed by atoms with Crippen LogP contribution in [0.2, 0.25) is 19.6 Å². The first-order chi connectivity index (χ1) is 11.4. The van der Waals surface area contributed by atoms with Crippen molar-refractivity contribution in [3.63, 3.8) is 0 Å². The number of fused-ring (bicyclic) bond motifs is 1. The zero-order valence-corrected chi connectivity index (χ0v) is 16.5. The van der Waals surface area contributed by atoms with Crippen LogP contribution in [0.4, 0.5) is 0 Å². The molecule has 0 bridgehead atoms. The molecule has 1 aromatic carbocycles. The van der Waals surface area contributed by atoms with Crippen LogP contribution in [0, 0.1) is 0 Å². The van der Waals surface area contributed by atoms with Crippen molar-refractivity contribution in [1.29, 1.82) is 0 Å². The molecule has 1 aliphatic carbocycles. The molecule has 0 fully saturated rings. The molecule has 0 saturated carbocycles. The van der Waals surface area contributed by atoms with Crippen molar-refractivity contribution in [2.75, 3.05) is 0 Å². The molecule has 1 unspecified atom stereocenters. The van der Waals surface area contributed by atoms with Gasteiger partial charge in [-0.2, -0.15) is 0 Å². The van der Waals surface area contributed by atoms with E-state index < -0.39 is 8.32 Å². The standard InChI is InChI=1S/C21H28O2Si/c1-6-7-12-18-20(19-14-10-15-22-19)16-11-8-9-13-17(16)21(18,2)23-24(3,4)5/h8-11,13-15H,6-7,12H2,1-5H3. The van der Waals surface area contributed by atoms with Crippen LogP contribution in [0.15, 0.2) is 52.7 Å². The normalized spacial score (nSPS) is 20.5. The van der Waals surface area contributed by atoms with E-state index in [1.807, 2.05) is 6.07 Å². The topological polar surface area (TPSA) is 22.4 Å². The van der Waals surface area contributed by atoms with Gasteiger partial charge in [0, 0.05) is 5.57 Å². The van der Waals surface area contributed by atoms with Gasteiger partial charge in [-0.3, -0.25) is 0 Å². The molecule has 24 heavy (non-hydrogen) atoms. The van der Waals surface area contributed by atoms with E-state index in [1.165, 1.54) is 28.7 Å². The van der Waals surface area contributed by atoms with Crippen LogP contribution < -0.4 is 0 Å². The van der Waals surface area contributed by atoms with Crippen LogP contribution in [-0.2, 0) is 10.0 Å². The number of unbranched alkanes of at least 4 members (excludes halogenated alkanes) is 1. The van der Waals surface area contributed by atoms with Crippen molar-refractivity contribution < 1.29 is 8.84 Å². The SMILES string of the molecule is CCCCC1=C(c2ccco2)c2ccccc2C1(C)O[Si](C)(C)C. The molecule has 128 valence electrons. The van der Waals surface area contributed by atoms with Crippen molar-refractivity contribution >= 4 is 13.9 Å². The Balaban J connectivity index is 2.22. The molecule has 2 aromatic rings. The minimum atomic E-state index is -1.72. The molecular weight excluding hydrogens is 312 g/mol. The molecule has 0 amide bonds. The third kappa shape index (κ3) is 3.03. The molecule has 1 heterocycles. The third-order valence-electron chi connectivity index (χ3n) is 4.65. The Morgan fingerprint density at radius 1 is 1.08 bits per heavy atom. The highest BCUT2D eigenvalue weighted by Gasteiger charge is 2.45. The van der Waals surface area contributed by atoms with Crippen LogP contribution in [0.1, 0.15) is 50.0 Å². The van der Waals surface area contributed by atoms with Crippen molar-refractivity contribution in [3.05, 3.63) is 65.1 Å². The van der Waals surface area contributed by atoms with E-state index in [9.17, 15) is 0 Å². The fourth-order valence-electron chi connectivity index (χ4n) is 3.83. The van der Waals surface area contributed by atoms with Gasteiger partial charge in [-0.15, -0.1) is 0 Å². The minimum Gasteiger partial charge on any atom is -0.464 e. The van der Waals surface area contributed by atoms with Crippen molar-refractivity contribution in [2.45, 2.75) is 58.4 Å². The molecule has 3 heteroatoms. The average Bonchev–Trinajstić information content (AvgIpc) is 3.10. The quantitative estimate of drug-likeness (QED) is 0.571. The lowest BCUT2D eigenvalue weighted by molar-refractivity contribution is 0.118. The summed E-state index contributed by atoms with van der Waals surface area (Å²) < 4.78 is 12.6. The molecule has 0 saturated heterocycles. The summed E-state index contributed by atoms with van der Waals surface area (Å²) in [7, 11) is -1.72. The lowest BCUT2D eigenvalue weighted by atomic mass is 9.89. The summed E-state index contributed by atoms with van der Waals surface area (Å²) in [5.74, 6) is 0.955. The van der Waals surface area contributed by atoms with Crippen molar-refractivity contribution in [3.8, 4) is 0 Å². The molecular formula is C21H28O2Si. The second kappa shape index (κ2) is 6.38. The first-order valence-electron chi connectivity index (χ1n) is 8.94. The summed E-state index contributed by atoms with van der Waals surface area (Å²) in [4.78, 5) is 0. The van der Waals surface area contributed by atoms with E-state index in [2.05, 4.69) is 63.8 Å². The minimum absolute atomic E-state index is 0.349. The summed E-state index contributed by atoms with van der Waals surface area (Å²) in [5.41, 5.74) is 4.81. The van der Waals surface area contributed by atoms with Gasteiger partial charge in [0.25, 0.3) is 0 Å². The zero-order chi connectivity index (χ0) is 17.4. The van der Waals surface area contributed by atoms with Gasteiger partial charge < -0.3 is 8.84 Å². The largest absolute Gasteiger partial charge is 0.464 e. The van der Waals surface area contributed by atoms with Gasteiger partial charge in [-0.05, 0) is 68.2 Å². The maximum Gasteiger partial charge on any atom is 0.185 e. The van der Waals surface area contributed by atoms with E-state index in [1.54, 1.807) is 6.26 Å². The third-order valence-corrected chi connectivity index (χ3v) is 5.67. The Hall–Kier alpha value is -1.58. The Bertz CT molecular complexity index is 737. The molecule has 0 N–H and O–H groups in total. The van der Waals surface area contributed by atoms with Crippen LogP contribution >= 0.6 is 0 Å². The average molecular weight is 341 g/mol. The summed E-state index contributed by atoms with van der Waals surface area (Å²) in [6, 6.07) is 12.7. The zero-order valence-electron chi connectivity index (χ0n) is 15.5. The highest BCUT2D eigenvalue weighted by atomic mass is 28.4. The lowest BCUT2D eigenvalue weighted by Gasteiger charge is -2.36.